The molecule has 1 heterocycles. The minimum Gasteiger partial charge on any atom is -0.489 e. The summed E-state index contributed by atoms with van der Waals surface area (Å²) in [5, 5.41) is 9.74. The Morgan fingerprint density at radius 2 is 1.81 bits per heavy atom. The number of nitrogens with zero attached hydrogens (tertiary/aromatic N) is 2. The number of amides is 1. The van der Waals surface area contributed by atoms with Crippen LogP contribution in [-0.2, 0) is 6.61 Å². The minimum absolute atomic E-state index is 0.161. The van der Waals surface area contributed by atoms with Crippen molar-refractivity contribution in [1.29, 1.82) is 0 Å². The third-order valence-electron chi connectivity index (χ3n) is 3.99. The average molecular weight is 350 g/mol. The summed E-state index contributed by atoms with van der Waals surface area (Å²) in [6, 6.07) is 15.0. The summed E-state index contributed by atoms with van der Waals surface area (Å²) in [5.74, 6) is 1.96. The highest BCUT2D eigenvalue weighted by atomic mass is 16.5. The Hall–Kier alpha value is -3.15. The SMILES string of the molecule is Cc1ccc(OCc2ccc(C(=O)N[C@H](C)c3n[nH]c(C)n3)cc2)cc1. The lowest BCUT2D eigenvalue weighted by atomic mass is 10.1. The van der Waals surface area contributed by atoms with E-state index < -0.39 is 0 Å². The number of carbonyl (C=O) groups excluding carboxylic acids is 1. The highest BCUT2D eigenvalue weighted by Gasteiger charge is 2.14. The normalized spacial score (nSPS) is 11.8. The number of rotatable bonds is 6. The molecule has 3 rings (SSSR count). The Labute approximate surface area is 152 Å². The highest BCUT2D eigenvalue weighted by molar-refractivity contribution is 5.94. The summed E-state index contributed by atoms with van der Waals surface area (Å²) in [4.78, 5) is 16.6. The predicted molar refractivity (Wildman–Crippen MR) is 99.0 cm³/mol. The third-order valence-corrected chi connectivity index (χ3v) is 3.99. The van der Waals surface area contributed by atoms with Crippen molar-refractivity contribution in [3.63, 3.8) is 0 Å². The van der Waals surface area contributed by atoms with Crippen LogP contribution in [-0.4, -0.2) is 21.1 Å². The maximum absolute atomic E-state index is 12.3. The molecule has 134 valence electrons. The molecule has 1 aromatic heterocycles. The zero-order chi connectivity index (χ0) is 18.5. The molecule has 26 heavy (non-hydrogen) atoms. The van der Waals surface area contributed by atoms with Gasteiger partial charge in [0.25, 0.3) is 5.91 Å². The van der Waals surface area contributed by atoms with E-state index in [9.17, 15) is 4.79 Å². The van der Waals surface area contributed by atoms with E-state index in [4.69, 9.17) is 4.74 Å². The van der Waals surface area contributed by atoms with Gasteiger partial charge in [-0.15, -0.1) is 0 Å². The van der Waals surface area contributed by atoms with Gasteiger partial charge < -0.3 is 10.1 Å². The molecule has 3 aromatic rings. The maximum Gasteiger partial charge on any atom is 0.251 e. The molecule has 6 heteroatoms. The van der Waals surface area contributed by atoms with Gasteiger partial charge >= 0.3 is 0 Å². The van der Waals surface area contributed by atoms with Crippen molar-refractivity contribution in [3.05, 3.63) is 76.9 Å². The van der Waals surface area contributed by atoms with Crippen molar-refractivity contribution in [1.82, 2.24) is 20.5 Å². The van der Waals surface area contributed by atoms with Crippen LogP contribution >= 0.6 is 0 Å². The fraction of sp³-hybridized carbons (Fsp3) is 0.250. The van der Waals surface area contributed by atoms with Crippen molar-refractivity contribution < 1.29 is 9.53 Å². The largest absolute Gasteiger partial charge is 0.489 e. The van der Waals surface area contributed by atoms with Crippen LogP contribution in [0.5, 0.6) is 5.75 Å². The van der Waals surface area contributed by atoms with E-state index >= 15 is 0 Å². The first-order chi connectivity index (χ1) is 12.5. The Balaban J connectivity index is 1.56. The number of nitrogens with one attached hydrogen (secondary N) is 2. The van der Waals surface area contributed by atoms with Gasteiger partial charge in [-0.3, -0.25) is 9.89 Å². The van der Waals surface area contributed by atoms with Crippen molar-refractivity contribution >= 4 is 5.91 Å². The monoisotopic (exact) mass is 350 g/mol. The number of hydrogen-bond donors (Lipinski definition) is 2. The number of carbonyl (C=O) groups is 1. The van der Waals surface area contributed by atoms with Crippen molar-refractivity contribution in [2.24, 2.45) is 0 Å². The molecule has 0 saturated carbocycles. The lowest BCUT2D eigenvalue weighted by Crippen LogP contribution is -2.27. The number of ether oxygens (including phenoxy) is 1. The average Bonchev–Trinajstić information content (AvgIpc) is 3.08. The summed E-state index contributed by atoms with van der Waals surface area (Å²) >= 11 is 0. The molecule has 1 amide bonds. The summed E-state index contributed by atoms with van der Waals surface area (Å²) < 4.78 is 5.75. The van der Waals surface area contributed by atoms with Crippen molar-refractivity contribution in [2.75, 3.05) is 0 Å². The summed E-state index contributed by atoms with van der Waals surface area (Å²) in [5.41, 5.74) is 2.78. The minimum atomic E-state index is -0.267. The molecule has 1 atom stereocenters. The van der Waals surface area contributed by atoms with Crippen LogP contribution in [0.15, 0.2) is 48.5 Å². The second-order valence-electron chi connectivity index (χ2n) is 6.27. The molecular weight excluding hydrogens is 328 g/mol. The van der Waals surface area contributed by atoms with E-state index in [1.165, 1.54) is 5.56 Å². The number of hydrogen-bond acceptors (Lipinski definition) is 4. The molecule has 0 radical (unpaired) electrons. The smallest absolute Gasteiger partial charge is 0.251 e. The number of aryl methyl sites for hydroxylation is 2. The molecule has 0 unspecified atom stereocenters. The summed E-state index contributed by atoms with van der Waals surface area (Å²) in [7, 11) is 0. The van der Waals surface area contributed by atoms with Gasteiger partial charge in [-0.05, 0) is 50.6 Å². The van der Waals surface area contributed by atoms with Crippen LogP contribution in [0.4, 0.5) is 0 Å². The fourth-order valence-corrected chi connectivity index (χ4v) is 2.45. The first-order valence-electron chi connectivity index (χ1n) is 8.49. The van der Waals surface area contributed by atoms with Crippen LogP contribution in [0.1, 0.15) is 46.1 Å². The molecule has 0 spiro atoms. The van der Waals surface area contributed by atoms with Gasteiger partial charge in [0.2, 0.25) is 0 Å². The van der Waals surface area contributed by atoms with Crippen LogP contribution in [0.3, 0.4) is 0 Å². The Bertz CT molecular complexity index is 870. The Morgan fingerprint density at radius 1 is 1.12 bits per heavy atom. The van der Waals surface area contributed by atoms with Gasteiger partial charge in [0.05, 0.1) is 6.04 Å². The molecular formula is C20H22N4O2. The van der Waals surface area contributed by atoms with Gasteiger partial charge in [-0.25, -0.2) is 4.98 Å². The van der Waals surface area contributed by atoms with Gasteiger partial charge in [0, 0.05) is 5.56 Å². The van der Waals surface area contributed by atoms with Crippen LogP contribution in [0, 0.1) is 13.8 Å². The fourth-order valence-electron chi connectivity index (χ4n) is 2.45. The van der Waals surface area contributed by atoms with Gasteiger partial charge in [-0.1, -0.05) is 29.8 Å². The zero-order valence-electron chi connectivity index (χ0n) is 15.1. The van der Waals surface area contributed by atoms with Gasteiger partial charge in [0.15, 0.2) is 5.82 Å². The molecule has 0 aliphatic heterocycles. The number of aromatic nitrogens is 3. The van der Waals surface area contributed by atoms with E-state index in [-0.39, 0.29) is 11.9 Å². The second-order valence-corrected chi connectivity index (χ2v) is 6.27. The number of benzene rings is 2. The van der Waals surface area contributed by atoms with Crippen molar-refractivity contribution in [2.45, 2.75) is 33.4 Å². The quantitative estimate of drug-likeness (QED) is 0.713. The molecule has 2 aromatic carbocycles. The lowest BCUT2D eigenvalue weighted by molar-refractivity contribution is 0.0938. The number of aromatic amines is 1. The Kier molecular flexibility index (Phi) is 5.31. The van der Waals surface area contributed by atoms with E-state index in [2.05, 4.69) is 20.5 Å². The Morgan fingerprint density at radius 3 is 2.42 bits per heavy atom. The lowest BCUT2D eigenvalue weighted by Gasteiger charge is -2.11. The van der Waals surface area contributed by atoms with E-state index in [1.54, 1.807) is 12.1 Å². The van der Waals surface area contributed by atoms with Gasteiger partial charge in [-0.2, -0.15) is 5.10 Å². The first kappa shape index (κ1) is 17.7. The van der Waals surface area contributed by atoms with E-state index in [0.29, 0.717) is 18.0 Å². The molecule has 6 nitrogen and oxygen atoms in total. The topological polar surface area (TPSA) is 79.9 Å². The highest BCUT2D eigenvalue weighted by Crippen LogP contribution is 2.15. The maximum atomic E-state index is 12.3. The third kappa shape index (κ3) is 4.47. The molecule has 0 saturated heterocycles. The molecule has 2 N–H and O–H groups in total. The summed E-state index contributed by atoms with van der Waals surface area (Å²) in [6.07, 6.45) is 0. The van der Waals surface area contributed by atoms with Crippen LogP contribution < -0.4 is 10.1 Å². The van der Waals surface area contributed by atoms with E-state index in [0.717, 1.165) is 17.1 Å². The van der Waals surface area contributed by atoms with Crippen LogP contribution in [0.25, 0.3) is 0 Å². The number of H-pyrrole nitrogens is 1. The van der Waals surface area contributed by atoms with E-state index in [1.807, 2.05) is 57.2 Å². The zero-order valence-corrected chi connectivity index (χ0v) is 15.1. The second kappa shape index (κ2) is 7.82. The van der Waals surface area contributed by atoms with Gasteiger partial charge in [0.1, 0.15) is 18.2 Å². The molecule has 0 aliphatic carbocycles. The summed E-state index contributed by atoms with van der Waals surface area (Å²) in [6.45, 7) is 6.17. The molecule has 0 aliphatic rings. The first-order valence-corrected chi connectivity index (χ1v) is 8.49. The molecule has 0 fully saturated rings. The standard InChI is InChI=1S/C20H22N4O2/c1-13-4-10-18(11-5-13)26-12-16-6-8-17(9-7-16)20(25)21-14(2)19-22-15(3)23-24-19/h4-11,14H,12H2,1-3H3,(H,21,25)(H,22,23,24)/t14-/m1/s1. The van der Waals surface area contributed by atoms with Crippen LogP contribution in [0.2, 0.25) is 0 Å². The van der Waals surface area contributed by atoms with Crippen molar-refractivity contribution in [3.8, 4) is 5.75 Å². The predicted octanol–water partition coefficient (Wildman–Crippen LogP) is 3.49. The molecule has 0 bridgehead atoms.